The minimum atomic E-state index is -0.324. The molecule has 1 fully saturated rings. The van der Waals surface area contributed by atoms with Gasteiger partial charge in [0.15, 0.2) is 5.16 Å². The van der Waals surface area contributed by atoms with Crippen molar-refractivity contribution in [3.8, 4) is 5.69 Å². The third-order valence-electron chi connectivity index (χ3n) is 4.27. The summed E-state index contributed by atoms with van der Waals surface area (Å²) in [5, 5.41) is 0.631. The normalized spacial score (nSPS) is 15.3. The van der Waals surface area contributed by atoms with Crippen LogP contribution in [0.2, 0.25) is 0 Å². The molecule has 1 aliphatic heterocycles. The Kier molecular flexibility index (Phi) is 5.37. The molecule has 1 aromatic heterocycles. The van der Waals surface area contributed by atoms with Crippen molar-refractivity contribution in [3.05, 3.63) is 42.5 Å². The molecule has 6 nitrogen and oxygen atoms in total. The number of piperidine rings is 1. The number of carbonyl (C=O) groups excluding carboxylic acids is 2. The molecule has 1 aliphatic rings. The lowest BCUT2D eigenvalue weighted by Gasteiger charge is -2.30. The van der Waals surface area contributed by atoms with Gasteiger partial charge in [-0.1, -0.05) is 17.8 Å². The molecule has 8 heteroatoms. The van der Waals surface area contributed by atoms with Crippen molar-refractivity contribution in [1.82, 2.24) is 14.5 Å². The Morgan fingerprint density at radius 3 is 2.76 bits per heavy atom. The largest absolute Gasteiger partial charge is 0.369 e. The number of nitrogens with zero attached hydrogens (tertiary/aromatic N) is 3. The molecule has 0 atom stereocenters. The second kappa shape index (κ2) is 7.69. The van der Waals surface area contributed by atoms with Crippen LogP contribution in [0, 0.1) is 11.7 Å². The average Bonchev–Trinajstić information content (AvgIpc) is 3.08. The highest BCUT2D eigenvalue weighted by atomic mass is 32.2. The van der Waals surface area contributed by atoms with Crippen LogP contribution in [0.3, 0.4) is 0 Å². The highest BCUT2D eigenvalue weighted by Gasteiger charge is 2.26. The molecule has 3 rings (SSSR count). The smallest absolute Gasteiger partial charge is 0.233 e. The molecule has 1 saturated heterocycles. The van der Waals surface area contributed by atoms with Gasteiger partial charge in [-0.05, 0) is 31.0 Å². The Labute approximate surface area is 149 Å². The maximum absolute atomic E-state index is 13.4. The van der Waals surface area contributed by atoms with E-state index in [1.54, 1.807) is 34.0 Å². The van der Waals surface area contributed by atoms with Crippen LogP contribution in [0.15, 0.2) is 41.8 Å². The van der Waals surface area contributed by atoms with Crippen molar-refractivity contribution in [1.29, 1.82) is 0 Å². The standard InChI is InChI=1S/C17H19FN4O2S/c18-13-2-1-3-14(10-13)22-9-6-20-17(22)25-11-15(23)21-7-4-12(5-8-21)16(19)24/h1-3,6,9-10,12H,4-5,7-8,11H2,(H2,19,24). The van der Waals surface area contributed by atoms with E-state index in [1.807, 2.05) is 0 Å². The number of nitrogens with two attached hydrogens (primary N) is 1. The first-order chi connectivity index (χ1) is 12.0. The molecule has 2 aromatic rings. The van der Waals surface area contributed by atoms with Crippen molar-refractivity contribution in [2.24, 2.45) is 11.7 Å². The summed E-state index contributed by atoms with van der Waals surface area (Å²) in [7, 11) is 0. The predicted molar refractivity (Wildman–Crippen MR) is 92.7 cm³/mol. The first kappa shape index (κ1) is 17.5. The summed E-state index contributed by atoms with van der Waals surface area (Å²) in [6, 6.07) is 6.22. The Balaban J connectivity index is 1.59. The van der Waals surface area contributed by atoms with Crippen LogP contribution in [0.4, 0.5) is 4.39 Å². The number of rotatable bonds is 5. The molecular formula is C17H19FN4O2S. The summed E-state index contributed by atoms with van der Waals surface area (Å²) in [5.74, 6) is -0.507. The van der Waals surface area contributed by atoms with E-state index in [2.05, 4.69) is 4.98 Å². The van der Waals surface area contributed by atoms with E-state index in [0.29, 0.717) is 36.8 Å². The summed E-state index contributed by atoms with van der Waals surface area (Å²) < 4.78 is 15.2. The molecule has 0 aliphatic carbocycles. The van der Waals surface area contributed by atoms with Crippen molar-refractivity contribution in [2.45, 2.75) is 18.0 Å². The molecule has 0 unspecified atom stereocenters. The van der Waals surface area contributed by atoms with Gasteiger partial charge in [0.2, 0.25) is 11.8 Å². The van der Waals surface area contributed by atoms with Crippen molar-refractivity contribution in [3.63, 3.8) is 0 Å². The number of hydrogen-bond donors (Lipinski definition) is 1. The predicted octanol–water partition coefficient (Wildman–Crippen LogP) is 1.83. The highest BCUT2D eigenvalue weighted by Crippen LogP contribution is 2.23. The van der Waals surface area contributed by atoms with Crippen LogP contribution >= 0.6 is 11.8 Å². The molecule has 2 N–H and O–H groups in total. The number of aromatic nitrogens is 2. The number of thioether (sulfide) groups is 1. The maximum atomic E-state index is 13.4. The van der Waals surface area contributed by atoms with Crippen LogP contribution < -0.4 is 5.73 Å². The molecule has 132 valence electrons. The van der Waals surface area contributed by atoms with Crippen molar-refractivity contribution in [2.75, 3.05) is 18.8 Å². The van der Waals surface area contributed by atoms with Crippen LogP contribution in [0.1, 0.15) is 12.8 Å². The van der Waals surface area contributed by atoms with Gasteiger partial charge in [0.25, 0.3) is 0 Å². The summed E-state index contributed by atoms with van der Waals surface area (Å²) >= 11 is 1.31. The van der Waals surface area contributed by atoms with Crippen LogP contribution in [-0.4, -0.2) is 45.1 Å². The molecule has 2 amide bonds. The van der Waals surface area contributed by atoms with Gasteiger partial charge in [-0.3, -0.25) is 14.2 Å². The van der Waals surface area contributed by atoms with Crippen molar-refractivity contribution < 1.29 is 14.0 Å². The van der Waals surface area contributed by atoms with Gasteiger partial charge in [-0.15, -0.1) is 0 Å². The molecule has 2 heterocycles. The molecule has 0 saturated carbocycles. The van der Waals surface area contributed by atoms with E-state index in [9.17, 15) is 14.0 Å². The van der Waals surface area contributed by atoms with E-state index in [4.69, 9.17) is 5.73 Å². The number of halogens is 1. The van der Waals surface area contributed by atoms with Gasteiger partial charge in [-0.25, -0.2) is 9.37 Å². The Hall–Kier alpha value is -2.35. The number of imidazole rings is 1. The molecule has 0 spiro atoms. The van der Waals surface area contributed by atoms with E-state index in [0.717, 1.165) is 0 Å². The lowest BCUT2D eigenvalue weighted by Crippen LogP contribution is -2.42. The summed E-state index contributed by atoms with van der Waals surface area (Å²) in [6.07, 6.45) is 4.59. The fourth-order valence-electron chi connectivity index (χ4n) is 2.85. The first-order valence-corrected chi connectivity index (χ1v) is 9.02. The SMILES string of the molecule is NC(=O)C1CCN(C(=O)CSc2nccn2-c2cccc(F)c2)CC1. The summed E-state index contributed by atoms with van der Waals surface area (Å²) in [5.41, 5.74) is 5.97. The minimum absolute atomic E-state index is 0.00159. The zero-order chi connectivity index (χ0) is 17.8. The number of carbonyl (C=O) groups is 2. The van der Waals surface area contributed by atoms with Gasteiger partial charge in [0, 0.05) is 31.4 Å². The van der Waals surface area contributed by atoms with Gasteiger partial charge < -0.3 is 10.6 Å². The first-order valence-electron chi connectivity index (χ1n) is 8.04. The lowest BCUT2D eigenvalue weighted by atomic mass is 9.96. The topological polar surface area (TPSA) is 81.2 Å². The summed E-state index contributed by atoms with van der Waals surface area (Å²) in [4.78, 5) is 29.5. The Morgan fingerprint density at radius 2 is 2.08 bits per heavy atom. The minimum Gasteiger partial charge on any atom is -0.369 e. The highest BCUT2D eigenvalue weighted by molar-refractivity contribution is 7.99. The number of primary amides is 1. The molecule has 0 bridgehead atoms. The molecule has 1 aromatic carbocycles. The van der Waals surface area contributed by atoms with Crippen LogP contribution in [-0.2, 0) is 9.59 Å². The monoisotopic (exact) mass is 362 g/mol. The quantitative estimate of drug-likeness (QED) is 0.823. The number of benzene rings is 1. The summed E-state index contributed by atoms with van der Waals surface area (Å²) in [6.45, 7) is 1.09. The number of amides is 2. The number of hydrogen-bond acceptors (Lipinski definition) is 4. The lowest BCUT2D eigenvalue weighted by molar-refractivity contribution is -0.132. The number of likely N-dealkylation sites (tertiary alicyclic amines) is 1. The fourth-order valence-corrected chi connectivity index (χ4v) is 3.73. The van der Waals surface area contributed by atoms with Gasteiger partial charge in [0.1, 0.15) is 5.82 Å². The second-order valence-corrected chi connectivity index (χ2v) is 6.85. The van der Waals surface area contributed by atoms with Crippen molar-refractivity contribution >= 4 is 23.6 Å². The van der Waals surface area contributed by atoms with Gasteiger partial charge >= 0.3 is 0 Å². The molecule has 0 radical (unpaired) electrons. The van der Waals surface area contributed by atoms with E-state index >= 15 is 0 Å². The van der Waals surface area contributed by atoms with E-state index < -0.39 is 0 Å². The second-order valence-electron chi connectivity index (χ2n) is 5.91. The van der Waals surface area contributed by atoms with E-state index in [-0.39, 0.29) is 29.3 Å². The Morgan fingerprint density at radius 1 is 1.32 bits per heavy atom. The van der Waals surface area contributed by atoms with Gasteiger partial charge in [-0.2, -0.15) is 0 Å². The molecule has 25 heavy (non-hydrogen) atoms. The third kappa shape index (κ3) is 4.19. The Bertz CT molecular complexity index is 772. The fraction of sp³-hybridized carbons (Fsp3) is 0.353. The van der Waals surface area contributed by atoms with Gasteiger partial charge in [0.05, 0.1) is 11.4 Å². The average molecular weight is 362 g/mol. The zero-order valence-corrected chi connectivity index (χ0v) is 14.4. The molecular weight excluding hydrogens is 343 g/mol. The van der Waals surface area contributed by atoms with E-state index in [1.165, 1.54) is 23.9 Å². The third-order valence-corrected chi connectivity index (χ3v) is 5.22. The van der Waals surface area contributed by atoms with Crippen LogP contribution in [0.5, 0.6) is 0 Å². The zero-order valence-electron chi connectivity index (χ0n) is 13.6. The van der Waals surface area contributed by atoms with Crippen LogP contribution in [0.25, 0.3) is 5.69 Å². The maximum Gasteiger partial charge on any atom is 0.233 e.